The smallest absolute Gasteiger partial charge is 0.305 e. The molecule has 0 radical (unpaired) electrons. The normalized spacial score (nSPS) is 40.3. The number of hydrogen-bond acceptors (Lipinski definition) is 4. The first-order valence-electron chi connectivity index (χ1n) is 5.57. The van der Waals surface area contributed by atoms with Gasteiger partial charge >= 0.3 is 5.97 Å². The summed E-state index contributed by atoms with van der Waals surface area (Å²) in [6, 6.07) is 0. The zero-order valence-electron chi connectivity index (χ0n) is 9.30. The number of carboxylic acids is 1. The van der Waals surface area contributed by atoms with Crippen molar-refractivity contribution in [1.29, 1.82) is 0 Å². The third kappa shape index (κ3) is 2.19. The van der Waals surface area contributed by atoms with Crippen LogP contribution in [0.4, 0.5) is 0 Å². The van der Waals surface area contributed by atoms with Crippen LogP contribution in [0.5, 0.6) is 0 Å². The molecule has 0 aliphatic carbocycles. The van der Waals surface area contributed by atoms with Crippen LogP contribution in [-0.4, -0.2) is 41.3 Å². The molecule has 17 heavy (non-hydrogen) atoms. The standard InChI is InChI=1S/C12H14O5/c1-2-8-6-12(7-13)10(16-8)4-3-9(17-12)5-11(14)15/h1,7-10H,3-6H2,(H,14,15). The largest absolute Gasteiger partial charge is 0.481 e. The minimum absolute atomic E-state index is 0.0942. The molecule has 2 fully saturated rings. The number of rotatable bonds is 3. The molecule has 4 unspecified atom stereocenters. The Hall–Kier alpha value is -1.38. The third-order valence-electron chi connectivity index (χ3n) is 3.30. The van der Waals surface area contributed by atoms with Crippen LogP contribution in [0.3, 0.4) is 0 Å². The zero-order valence-corrected chi connectivity index (χ0v) is 9.30. The highest BCUT2D eigenvalue weighted by Gasteiger charge is 2.53. The first kappa shape index (κ1) is 12.1. The molecule has 2 aliphatic rings. The highest BCUT2D eigenvalue weighted by Crippen LogP contribution is 2.40. The summed E-state index contributed by atoms with van der Waals surface area (Å²) >= 11 is 0. The highest BCUT2D eigenvalue weighted by atomic mass is 16.6. The highest BCUT2D eigenvalue weighted by molar-refractivity contribution is 5.68. The van der Waals surface area contributed by atoms with Crippen LogP contribution in [0.1, 0.15) is 25.7 Å². The number of terminal acetylenes is 1. The van der Waals surface area contributed by atoms with Gasteiger partial charge in [-0.2, -0.15) is 0 Å². The minimum atomic E-state index is -1.05. The summed E-state index contributed by atoms with van der Waals surface area (Å²) in [7, 11) is 0. The number of aldehydes is 1. The van der Waals surface area contributed by atoms with Crippen molar-refractivity contribution < 1.29 is 24.2 Å². The Bertz CT molecular complexity index is 372. The lowest BCUT2D eigenvalue weighted by Gasteiger charge is -2.37. The van der Waals surface area contributed by atoms with E-state index < -0.39 is 23.8 Å². The second-order valence-corrected chi connectivity index (χ2v) is 4.47. The summed E-state index contributed by atoms with van der Waals surface area (Å²) < 4.78 is 11.1. The Morgan fingerprint density at radius 2 is 2.35 bits per heavy atom. The lowest BCUT2D eigenvalue weighted by atomic mass is 9.87. The molecule has 2 saturated heterocycles. The number of carboxylic acid groups (broad SMARTS) is 1. The molecule has 5 heteroatoms. The Balaban J connectivity index is 2.11. The third-order valence-corrected chi connectivity index (χ3v) is 3.30. The van der Waals surface area contributed by atoms with Crippen LogP contribution in [-0.2, 0) is 19.1 Å². The topological polar surface area (TPSA) is 72.8 Å². The lowest BCUT2D eigenvalue weighted by Crippen LogP contribution is -2.50. The van der Waals surface area contributed by atoms with E-state index in [-0.39, 0.29) is 12.5 Å². The van der Waals surface area contributed by atoms with Gasteiger partial charge in [0, 0.05) is 6.42 Å². The Morgan fingerprint density at radius 1 is 1.59 bits per heavy atom. The minimum Gasteiger partial charge on any atom is -0.481 e. The zero-order chi connectivity index (χ0) is 12.5. The van der Waals surface area contributed by atoms with E-state index in [1.165, 1.54) is 0 Å². The van der Waals surface area contributed by atoms with Crippen molar-refractivity contribution in [1.82, 2.24) is 0 Å². The maximum Gasteiger partial charge on any atom is 0.305 e. The number of fused-ring (bicyclic) bond motifs is 1. The van der Waals surface area contributed by atoms with Crippen LogP contribution in [0.25, 0.3) is 0 Å². The van der Waals surface area contributed by atoms with E-state index in [0.29, 0.717) is 25.5 Å². The van der Waals surface area contributed by atoms with E-state index in [9.17, 15) is 9.59 Å². The van der Waals surface area contributed by atoms with Gasteiger partial charge < -0.3 is 19.4 Å². The van der Waals surface area contributed by atoms with Crippen molar-refractivity contribution in [3.05, 3.63) is 0 Å². The van der Waals surface area contributed by atoms with Gasteiger partial charge in [-0.15, -0.1) is 6.42 Å². The fourth-order valence-corrected chi connectivity index (χ4v) is 2.51. The van der Waals surface area contributed by atoms with Gasteiger partial charge in [-0.05, 0) is 12.8 Å². The molecule has 0 aromatic carbocycles. The van der Waals surface area contributed by atoms with Crippen molar-refractivity contribution in [2.75, 3.05) is 0 Å². The summed E-state index contributed by atoms with van der Waals surface area (Å²) in [5.41, 5.74) is -1.05. The van der Waals surface area contributed by atoms with Crippen molar-refractivity contribution >= 4 is 12.3 Å². The Labute approximate surface area is 99.1 Å². The first-order valence-corrected chi connectivity index (χ1v) is 5.57. The monoisotopic (exact) mass is 238 g/mol. The molecule has 0 amide bonds. The van der Waals surface area contributed by atoms with Gasteiger partial charge in [0.25, 0.3) is 0 Å². The van der Waals surface area contributed by atoms with E-state index in [4.69, 9.17) is 21.0 Å². The number of hydrogen-bond donors (Lipinski definition) is 1. The van der Waals surface area contributed by atoms with Crippen LogP contribution >= 0.6 is 0 Å². The molecule has 0 aromatic heterocycles. The van der Waals surface area contributed by atoms with Crippen LogP contribution in [0.15, 0.2) is 0 Å². The van der Waals surface area contributed by atoms with Gasteiger partial charge in [-0.25, -0.2) is 0 Å². The molecule has 0 saturated carbocycles. The molecule has 2 aliphatic heterocycles. The van der Waals surface area contributed by atoms with E-state index in [1.807, 2.05) is 0 Å². The Kier molecular flexibility index (Phi) is 3.18. The number of carbonyl (C=O) groups is 2. The van der Waals surface area contributed by atoms with E-state index in [0.717, 1.165) is 0 Å². The molecular formula is C12H14O5. The second kappa shape index (κ2) is 4.47. The molecule has 92 valence electrons. The van der Waals surface area contributed by atoms with E-state index in [1.54, 1.807) is 0 Å². The van der Waals surface area contributed by atoms with Crippen LogP contribution < -0.4 is 0 Å². The number of ether oxygens (including phenoxy) is 2. The van der Waals surface area contributed by atoms with Crippen LogP contribution in [0, 0.1) is 12.3 Å². The molecule has 4 atom stereocenters. The maximum absolute atomic E-state index is 11.2. The van der Waals surface area contributed by atoms with Crippen LogP contribution in [0.2, 0.25) is 0 Å². The molecule has 2 heterocycles. The number of carbonyl (C=O) groups excluding carboxylic acids is 1. The van der Waals surface area contributed by atoms with Gasteiger partial charge in [0.2, 0.25) is 0 Å². The second-order valence-electron chi connectivity index (χ2n) is 4.47. The molecule has 0 spiro atoms. The van der Waals surface area contributed by atoms with Crippen molar-refractivity contribution in [3.8, 4) is 12.3 Å². The average Bonchev–Trinajstić information content (AvgIpc) is 2.66. The molecule has 1 N–H and O–H groups in total. The van der Waals surface area contributed by atoms with Gasteiger partial charge in [0.05, 0.1) is 18.6 Å². The molecule has 2 rings (SSSR count). The first-order chi connectivity index (χ1) is 8.09. The summed E-state index contributed by atoms with van der Waals surface area (Å²) in [4.78, 5) is 21.9. The lowest BCUT2D eigenvalue weighted by molar-refractivity contribution is -0.175. The van der Waals surface area contributed by atoms with Gasteiger partial charge in [0.1, 0.15) is 6.10 Å². The Morgan fingerprint density at radius 3 is 2.94 bits per heavy atom. The molecule has 0 aromatic rings. The fraction of sp³-hybridized carbons (Fsp3) is 0.667. The quantitative estimate of drug-likeness (QED) is 0.568. The van der Waals surface area contributed by atoms with E-state index in [2.05, 4.69) is 5.92 Å². The summed E-state index contributed by atoms with van der Waals surface area (Å²) in [5, 5.41) is 8.73. The summed E-state index contributed by atoms with van der Waals surface area (Å²) in [5.74, 6) is 1.53. The number of aliphatic carboxylic acids is 1. The maximum atomic E-state index is 11.2. The van der Waals surface area contributed by atoms with Gasteiger partial charge in [-0.1, -0.05) is 5.92 Å². The van der Waals surface area contributed by atoms with E-state index >= 15 is 0 Å². The average molecular weight is 238 g/mol. The van der Waals surface area contributed by atoms with Crippen molar-refractivity contribution in [2.45, 2.75) is 49.6 Å². The summed E-state index contributed by atoms with van der Waals surface area (Å²) in [6.07, 6.45) is 6.19. The predicted octanol–water partition coefficient (Wildman–Crippen LogP) is 0.368. The van der Waals surface area contributed by atoms with Gasteiger partial charge in [-0.3, -0.25) is 4.79 Å². The fourth-order valence-electron chi connectivity index (χ4n) is 2.51. The molecule has 0 bridgehead atoms. The molecular weight excluding hydrogens is 224 g/mol. The SMILES string of the molecule is C#CC1CC2(C=O)OC(CC(=O)O)CCC2O1. The predicted molar refractivity (Wildman–Crippen MR) is 57.3 cm³/mol. The van der Waals surface area contributed by atoms with Crippen molar-refractivity contribution in [2.24, 2.45) is 0 Å². The molecule has 5 nitrogen and oxygen atoms in total. The van der Waals surface area contributed by atoms with Gasteiger partial charge in [0.15, 0.2) is 11.9 Å². The van der Waals surface area contributed by atoms with Crippen molar-refractivity contribution in [3.63, 3.8) is 0 Å². The summed E-state index contributed by atoms with van der Waals surface area (Å²) in [6.45, 7) is 0.